The van der Waals surface area contributed by atoms with Crippen LogP contribution in [-0.2, 0) is 6.61 Å². The van der Waals surface area contributed by atoms with Crippen molar-refractivity contribution in [2.75, 3.05) is 0 Å². The van der Waals surface area contributed by atoms with Crippen LogP contribution in [0.3, 0.4) is 0 Å². The number of hydrogen-bond acceptors (Lipinski definition) is 4. The molecule has 1 heterocycles. The number of hydrogen-bond donors (Lipinski definition) is 1. The highest BCUT2D eigenvalue weighted by atomic mass is 32.1. The molecule has 0 radical (unpaired) electrons. The summed E-state index contributed by atoms with van der Waals surface area (Å²) in [6, 6.07) is 13.9. The largest absolute Gasteiger partial charge is 0.488 e. The molecule has 0 bridgehead atoms. The number of aromatic amines is 1. The van der Waals surface area contributed by atoms with Gasteiger partial charge in [0.05, 0.1) is 6.21 Å². The van der Waals surface area contributed by atoms with Gasteiger partial charge in [-0.05, 0) is 30.4 Å². The summed E-state index contributed by atoms with van der Waals surface area (Å²) in [5.41, 5.74) is 1.25. The van der Waals surface area contributed by atoms with Crippen molar-refractivity contribution in [1.82, 2.24) is 14.9 Å². The van der Waals surface area contributed by atoms with Gasteiger partial charge >= 0.3 is 0 Å². The summed E-state index contributed by atoms with van der Waals surface area (Å²) in [6.07, 6.45) is 3.09. The zero-order valence-electron chi connectivity index (χ0n) is 12.0. The molecule has 1 N–H and O–H groups in total. The molecule has 116 valence electrons. The van der Waals surface area contributed by atoms with Crippen molar-refractivity contribution in [3.63, 3.8) is 0 Å². The number of nitrogens with one attached hydrogen (secondary N) is 1. The first-order valence-corrected chi connectivity index (χ1v) is 7.26. The normalized spacial score (nSPS) is 11.0. The topological polar surface area (TPSA) is 55.2 Å². The third-order valence-electron chi connectivity index (χ3n) is 3.12. The van der Waals surface area contributed by atoms with Crippen molar-refractivity contribution in [3.05, 3.63) is 76.6 Å². The molecule has 7 heteroatoms. The highest BCUT2D eigenvalue weighted by Gasteiger charge is 2.04. The Hall–Kier alpha value is -2.80. The quantitative estimate of drug-likeness (QED) is 0.576. The first-order chi connectivity index (χ1) is 11.2. The van der Waals surface area contributed by atoms with Crippen molar-refractivity contribution >= 4 is 18.4 Å². The van der Waals surface area contributed by atoms with E-state index in [0.29, 0.717) is 16.1 Å². The van der Waals surface area contributed by atoms with Crippen LogP contribution in [0, 0.1) is 10.6 Å². The second kappa shape index (κ2) is 6.97. The number of halogens is 1. The molecule has 1 aromatic heterocycles. The third-order valence-corrected chi connectivity index (χ3v) is 3.39. The molecule has 3 rings (SSSR count). The van der Waals surface area contributed by atoms with Crippen LogP contribution in [0.1, 0.15) is 11.1 Å². The molecule has 0 fully saturated rings. The second-order valence-electron chi connectivity index (χ2n) is 4.67. The van der Waals surface area contributed by atoms with Gasteiger partial charge in [0.15, 0.2) is 0 Å². The summed E-state index contributed by atoms with van der Waals surface area (Å²) in [4.78, 5) is 0. The van der Waals surface area contributed by atoms with Crippen molar-refractivity contribution in [2.45, 2.75) is 6.61 Å². The Balaban J connectivity index is 1.78. The van der Waals surface area contributed by atoms with Gasteiger partial charge in [-0.3, -0.25) is 5.10 Å². The number of para-hydroxylation sites is 1. The molecule has 0 saturated carbocycles. The van der Waals surface area contributed by atoms with Gasteiger partial charge < -0.3 is 4.74 Å². The number of rotatable bonds is 5. The van der Waals surface area contributed by atoms with E-state index in [2.05, 4.69) is 15.3 Å². The average Bonchev–Trinajstić information content (AvgIpc) is 2.98. The Bertz CT molecular complexity index is 887. The minimum atomic E-state index is -0.289. The molecule has 2 aromatic carbocycles. The maximum atomic E-state index is 13.6. The molecule has 0 atom stereocenters. The molecule has 0 spiro atoms. The van der Waals surface area contributed by atoms with Crippen LogP contribution in [0.25, 0.3) is 0 Å². The van der Waals surface area contributed by atoms with Crippen LogP contribution in [-0.4, -0.2) is 21.1 Å². The second-order valence-corrected chi connectivity index (χ2v) is 5.06. The van der Waals surface area contributed by atoms with Gasteiger partial charge in [-0.2, -0.15) is 14.9 Å². The molecule has 0 amide bonds. The summed E-state index contributed by atoms with van der Waals surface area (Å²) >= 11 is 5.02. The minimum absolute atomic E-state index is 0.142. The van der Waals surface area contributed by atoms with Gasteiger partial charge in [-0.25, -0.2) is 4.39 Å². The van der Waals surface area contributed by atoms with Crippen molar-refractivity contribution in [1.29, 1.82) is 0 Å². The van der Waals surface area contributed by atoms with Gasteiger partial charge in [-0.1, -0.05) is 30.3 Å². The molecule has 0 unspecified atom stereocenters. The smallest absolute Gasteiger partial charge is 0.216 e. The van der Waals surface area contributed by atoms with Crippen LogP contribution in [0.4, 0.5) is 4.39 Å². The summed E-state index contributed by atoms with van der Waals surface area (Å²) < 4.78 is 21.2. The Kier molecular flexibility index (Phi) is 4.58. The fraction of sp³-hybridized carbons (Fsp3) is 0.0625. The number of benzene rings is 2. The van der Waals surface area contributed by atoms with Crippen LogP contribution >= 0.6 is 12.2 Å². The van der Waals surface area contributed by atoms with E-state index < -0.39 is 0 Å². The predicted molar refractivity (Wildman–Crippen MR) is 87.6 cm³/mol. The Morgan fingerprint density at radius 3 is 2.78 bits per heavy atom. The highest BCUT2D eigenvalue weighted by Crippen LogP contribution is 2.18. The van der Waals surface area contributed by atoms with E-state index in [-0.39, 0.29) is 12.4 Å². The predicted octanol–water partition coefficient (Wildman–Crippen LogP) is 3.54. The van der Waals surface area contributed by atoms with E-state index in [9.17, 15) is 4.39 Å². The maximum Gasteiger partial charge on any atom is 0.216 e. The first-order valence-electron chi connectivity index (χ1n) is 6.85. The summed E-state index contributed by atoms with van der Waals surface area (Å²) in [7, 11) is 0. The number of aromatic nitrogens is 3. The lowest BCUT2D eigenvalue weighted by Crippen LogP contribution is -2.00. The lowest BCUT2D eigenvalue weighted by molar-refractivity contribution is 0.299. The fourth-order valence-corrected chi connectivity index (χ4v) is 2.09. The summed E-state index contributed by atoms with van der Waals surface area (Å²) in [5, 5.41) is 10.6. The molecule has 5 nitrogen and oxygen atoms in total. The molecule has 0 aliphatic heterocycles. The van der Waals surface area contributed by atoms with Crippen LogP contribution in [0.15, 0.2) is 60.0 Å². The molecule has 0 saturated heterocycles. The monoisotopic (exact) mass is 328 g/mol. The van der Waals surface area contributed by atoms with Crippen molar-refractivity contribution < 1.29 is 9.13 Å². The van der Waals surface area contributed by atoms with Gasteiger partial charge in [0.1, 0.15) is 24.5 Å². The zero-order chi connectivity index (χ0) is 16.1. The van der Waals surface area contributed by atoms with E-state index in [0.717, 1.165) is 5.56 Å². The van der Waals surface area contributed by atoms with Crippen molar-refractivity contribution in [3.8, 4) is 5.75 Å². The van der Waals surface area contributed by atoms with Crippen LogP contribution in [0.5, 0.6) is 5.75 Å². The SMILES string of the molecule is Fc1ccccc1COc1ccccc1/C=N/n1cn[nH]c1=S. The maximum absolute atomic E-state index is 13.6. The third kappa shape index (κ3) is 3.70. The van der Waals surface area contributed by atoms with E-state index in [1.165, 1.54) is 17.1 Å². The van der Waals surface area contributed by atoms with E-state index in [1.54, 1.807) is 30.5 Å². The zero-order valence-corrected chi connectivity index (χ0v) is 12.8. The highest BCUT2D eigenvalue weighted by molar-refractivity contribution is 7.71. The molecular formula is C16H13FN4OS. The van der Waals surface area contributed by atoms with E-state index >= 15 is 0 Å². The van der Waals surface area contributed by atoms with E-state index in [1.807, 2.05) is 18.2 Å². The lowest BCUT2D eigenvalue weighted by Gasteiger charge is -2.09. The molecule has 3 aromatic rings. The van der Waals surface area contributed by atoms with E-state index in [4.69, 9.17) is 17.0 Å². The average molecular weight is 328 g/mol. The minimum Gasteiger partial charge on any atom is -0.488 e. The molecule has 0 aliphatic rings. The molecule has 0 aliphatic carbocycles. The first kappa shape index (κ1) is 15.1. The van der Waals surface area contributed by atoms with Gasteiger partial charge in [0.2, 0.25) is 4.77 Å². The number of nitrogens with zero attached hydrogens (tertiary/aromatic N) is 3. The van der Waals surface area contributed by atoms with Crippen LogP contribution < -0.4 is 4.74 Å². The Labute approximate surface area is 137 Å². The Morgan fingerprint density at radius 1 is 1.22 bits per heavy atom. The van der Waals surface area contributed by atoms with Gasteiger partial charge in [0.25, 0.3) is 0 Å². The van der Waals surface area contributed by atoms with Gasteiger partial charge in [-0.15, -0.1) is 0 Å². The number of H-pyrrole nitrogens is 1. The van der Waals surface area contributed by atoms with Crippen LogP contribution in [0.2, 0.25) is 0 Å². The lowest BCUT2D eigenvalue weighted by atomic mass is 10.2. The number of ether oxygens (including phenoxy) is 1. The Morgan fingerprint density at radius 2 is 2.00 bits per heavy atom. The van der Waals surface area contributed by atoms with Crippen molar-refractivity contribution in [2.24, 2.45) is 5.10 Å². The molecular weight excluding hydrogens is 315 g/mol. The summed E-state index contributed by atoms with van der Waals surface area (Å²) in [6.45, 7) is 0.142. The fourth-order valence-electron chi connectivity index (χ4n) is 1.94. The molecule has 23 heavy (non-hydrogen) atoms. The standard InChI is InChI=1S/C16H13FN4OS/c17-14-7-3-1-6-13(14)10-22-15-8-4-2-5-12(15)9-19-21-11-18-20-16(21)23/h1-9,11H,10H2,(H,20,23)/b19-9+. The summed E-state index contributed by atoms with van der Waals surface area (Å²) in [5.74, 6) is 0.317. The van der Waals surface area contributed by atoms with Gasteiger partial charge in [0, 0.05) is 11.1 Å².